The van der Waals surface area contributed by atoms with Crippen LogP contribution < -0.4 is 5.32 Å². The summed E-state index contributed by atoms with van der Waals surface area (Å²) in [7, 11) is 0. The molecule has 20 heavy (non-hydrogen) atoms. The minimum absolute atomic E-state index is 0.00572. The maximum atomic E-state index is 11.8. The summed E-state index contributed by atoms with van der Waals surface area (Å²) >= 11 is 3.03. The van der Waals surface area contributed by atoms with Gasteiger partial charge in [0.15, 0.2) is 0 Å². The van der Waals surface area contributed by atoms with Crippen LogP contribution in [0.25, 0.3) is 0 Å². The molecule has 0 saturated carbocycles. The van der Waals surface area contributed by atoms with E-state index in [1.165, 1.54) is 17.8 Å². The van der Waals surface area contributed by atoms with Crippen molar-refractivity contribution in [1.82, 2.24) is 0 Å². The Labute approximate surface area is 124 Å². The number of nitro groups is 1. The molecule has 0 aliphatic carbocycles. The van der Waals surface area contributed by atoms with Crippen molar-refractivity contribution in [3.05, 3.63) is 33.9 Å². The third-order valence-electron chi connectivity index (χ3n) is 2.57. The number of thioether (sulfide) groups is 2. The van der Waals surface area contributed by atoms with Gasteiger partial charge >= 0.3 is 0 Å². The zero-order valence-corrected chi connectivity index (χ0v) is 12.4. The topological polar surface area (TPSA) is 84.6 Å². The third-order valence-corrected chi connectivity index (χ3v) is 4.83. The van der Waals surface area contributed by atoms with Crippen LogP contribution in [0.2, 0.25) is 0 Å². The normalized spacial score (nSPS) is 13.9. The van der Waals surface area contributed by atoms with Gasteiger partial charge in [0, 0.05) is 23.1 Å². The van der Waals surface area contributed by atoms with E-state index >= 15 is 0 Å². The van der Waals surface area contributed by atoms with Crippen LogP contribution in [-0.4, -0.2) is 33.3 Å². The lowest BCUT2D eigenvalue weighted by molar-refractivity contribution is -0.385. The smallest absolute Gasteiger partial charge is 0.274 e. The molecule has 0 radical (unpaired) electrons. The van der Waals surface area contributed by atoms with Crippen molar-refractivity contribution >= 4 is 45.2 Å². The molecule has 0 unspecified atom stereocenters. The second-order valence-corrected chi connectivity index (χ2v) is 6.40. The van der Waals surface area contributed by atoms with Gasteiger partial charge in [-0.05, 0) is 13.0 Å². The minimum atomic E-state index is -0.455. The second-order valence-electron chi connectivity index (χ2n) is 4.09. The van der Waals surface area contributed by atoms with Gasteiger partial charge in [0.25, 0.3) is 5.69 Å². The summed E-state index contributed by atoms with van der Waals surface area (Å²) in [5.74, 6) is 1.03. The van der Waals surface area contributed by atoms with E-state index in [1.54, 1.807) is 30.8 Å². The number of rotatable bonds is 4. The molecule has 0 saturated heterocycles. The average molecular weight is 311 g/mol. The van der Waals surface area contributed by atoms with Gasteiger partial charge in [-0.15, -0.1) is 0 Å². The van der Waals surface area contributed by atoms with Gasteiger partial charge in [-0.3, -0.25) is 19.9 Å². The van der Waals surface area contributed by atoms with Crippen LogP contribution in [0.4, 0.5) is 11.4 Å². The van der Waals surface area contributed by atoms with Crippen molar-refractivity contribution in [2.24, 2.45) is 4.99 Å². The van der Waals surface area contributed by atoms with Crippen molar-refractivity contribution in [2.75, 3.05) is 23.4 Å². The molecule has 1 amide bonds. The summed E-state index contributed by atoms with van der Waals surface area (Å²) in [4.78, 5) is 26.4. The Balaban J connectivity index is 1.93. The van der Waals surface area contributed by atoms with Crippen LogP contribution in [0.1, 0.15) is 5.56 Å². The van der Waals surface area contributed by atoms with Crippen LogP contribution in [0, 0.1) is 17.0 Å². The maximum absolute atomic E-state index is 11.8. The fourth-order valence-corrected chi connectivity index (χ4v) is 3.42. The van der Waals surface area contributed by atoms with Gasteiger partial charge in [-0.2, -0.15) is 0 Å². The maximum Gasteiger partial charge on any atom is 0.274 e. The van der Waals surface area contributed by atoms with Gasteiger partial charge in [0.1, 0.15) is 4.38 Å². The summed E-state index contributed by atoms with van der Waals surface area (Å²) in [6.45, 7) is 2.47. The Kier molecular flexibility index (Phi) is 5.02. The number of anilines is 1. The Morgan fingerprint density at radius 2 is 2.40 bits per heavy atom. The van der Waals surface area contributed by atoms with Crippen LogP contribution in [0.5, 0.6) is 0 Å². The quantitative estimate of drug-likeness (QED) is 0.682. The number of carbonyl (C=O) groups is 1. The number of amides is 1. The molecule has 1 aliphatic heterocycles. The van der Waals surface area contributed by atoms with Gasteiger partial charge in [0.2, 0.25) is 5.91 Å². The van der Waals surface area contributed by atoms with E-state index in [0.29, 0.717) is 11.3 Å². The monoisotopic (exact) mass is 311 g/mol. The van der Waals surface area contributed by atoms with Crippen molar-refractivity contribution in [3.63, 3.8) is 0 Å². The Hall–Kier alpha value is -1.54. The van der Waals surface area contributed by atoms with Crippen molar-refractivity contribution in [3.8, 4) is 0 Å². The SMILES string of the molecule is Cc1ccc(NC(=O)CSC2=NCCS2)cc1[N+](=O)[O-]. The zero-order valence-electron chi connectivity index (χ0n) is 10.8. The average Bonchev–Trinajstić information content (AvgIpc) is 2.91. The lowest BCUT2D eigenvalue weighted by Crippen LogP contribution is -2.14. The summed E-state index contributed by atoms with van der Waals surface area (Å²) in [6, 6.07) is 4.66. The molecule has 1 aromatic rings. The molecule has 8 heteroatoms. The lowest BCUT2D eigenvalue weighted by Gasteiger charge is -2.06. The first-order valence-corrected chi connectivity index (χ1v) is 7.88. The van der Waals surface area contributed by atoms with Crippen LogP contribution in [0.15, 0.2) is 23.2 Å². The number of nitrogens with zero attached hydrogens (tertiary/aromatic N) is 2. The first-order valence-electron chi connectivity index (χ1n) is 5.91. The largest absolute Gasteiger partial charge is 0.325 e. The Morgan fingerprint density at radius 1 is 1.60 bits per heavy atom. The van der Waals surface area contributed by atoms with Crippen LogP contribution in [-0.2, 0) is 4.79 Å². The third kappa shape index (κ3) is 3.97. The number of benzene rings is 1. The predicted molar refractivity (Wildman–Crippen MR) is 83.7 cm³/mol. The molecular weight excluding hydrogens is 298 g/mol. The summed E-state index contributed by atoms with van der Waals surface area (Å²) in [5.41, 5.74) is 1.01. The summed E-state index contributed by atoms with van der Waals surface area (Å²) < 4.78 is 0.926. The molecule has 0 bridgehead atoms. The van der Waals surface area contributed by atoms with E-state index in [0.717, 1.165) is 16.7 Å². The van der Waals surface area contributed by atoms with E-state index in [4.69, 9.17) is 0 Å². The first kappa shape index (κ1) is 14.9. The van der Waals surface area contributed by atoms with E-state index in [2.05, 4.69) is 10.3 Å². The molecule has 1 heterocycles. The lowest BCUT2D eigenvalue weighted by atomic mass is 10.2. The fraction of sp³-hybridized carbons (Fsp3) is 0.333. The molecule has 0 fully saturated rings. The van der Waals surface area contributed by atoms with Gasteiger partial charge in [-0.1, -0.05) is 29.6 Å². The molecule has 0 aromatic heterocycles. The van der Waals surface area contributed by atoms with E-state index in [9.17, 15) is 14.9 Å². The van der Waals surface area contributed by atoms with Crippen LogP contribution in [0.3, 0.4) is 0 Å². The first-order chi connectivity index (χ1) is 9.56. The number of nitro benzene ring substituents is 1. The number of aryl methyl sites for hydroxylation is 1. The van der Waals surface area contributed by atoms with Crippen molar-refractivity contribution in [2.45, 2.75) is 6.92 Å². The highest BCUT2D eigenvalue weighted by molar-refractivity contribution is 8.39. The van der Waals surface area contributed by atoms with Crippen molar-refractivity contribution in [1.29, 1.82) is 0 Å². The molecular formula is C12H13N3O3S2. The van der Waals surface area contributed by atoms with E-state index in [1.807, 2.05) is 0 Å². The van der Waals surface area contributed by atoms with Gasteiger partial charge in [0.05, 0.1) is 17.2 Å². The van der Waals surface area contributed by atoms with E-state index < -0.39 is 4.92 Å². The highest BCUT2D eigenvalue weighted by atomic mass is 32.2. The Bertz CT molecular complexity index is 575. The Morgan fingerprint density at radius 3 is 3.05 bits per heavy atom. The molecule has 0 spiro atoms. The molecule has 106 valence electrons. The number of hydrogen-bond donors (Lipinski definition) is 1. The number of aliphatic imine (C=N–C) groups is 1. The van der Waals surface area contributed by atoms with Gasteiger partial charge < -0.3 is 5.32 Å². The molecule has 1 aliphatic rings. The van der Waals surface area contributed by atoms with Gasteiger partial charge in [-0.25, -0.2) is 0 Å². The minimum Gasteiger partial charge on any atom is -0.325 e. The van der Waals surface area contributed by atoms with Crippen LogP contribution >= 0.6 is 23.5 Å². The molecule has 0 atom stereocenters. The standard InChI is InChI=1S/C12H13N3O3S2/c1-8-2-3-9(6-10(8)15(17)18)14-11(16)7-20-12-13-4-5-19-12/h2-3,6H,4-5,7H2,1H3,(H,14,16). The molecule has 2 rings (SSSR count). The zero-order chi connectivity index (χ0) is 14.5. The van der Waals surface area contributed by atoms with E-state index in [-0.39, 0.29) is 17.3 Å². The number of hydrogen-bond acceptors (Lipinski definition) is 6. The fourth-order valence-electron chi connectivity index (χ4n) is 1.61. The van der Waals surface area contributed by atoms with Crippen molar-refractivity contribution < 1.29 is 9.72 Å². The molecule has 6 nitrogen and oxygen atoms in total. The second kappa shape index (κ2) is 6.76. The number of nitrogens with one attached hydrogen (secondary N) is 1. The number of carbonyl (C=O) groups excluding carboxylic acids is 1. The summed E-state index contributed by atoms with van der Waals surface area (Å²) in [5, 5.41) is 13.5. The predicted octanol–water partition coefficient (Wildman–Crippen LogP) is 2.68. The summed E-state index contributed by atoms with van der Waals surface area (Å²) in [6.07, 6.45) is 0. The molecule has 1 aromatic carbocycles. The highest BCUT2D eigenvalue weighted by Crippen LogP contribution is 2.24. The molecule has 1 N–H and O–H groups in total. The highest BCUT2D eigenvalue weighted by Gasteiger charge is 2.14.